The molecule has 0 saturated heterocycles. The first kappa shape index (κ1) is 20.5. The number of hydrazine groups is 1. The summed E-state index contributed by atoms with van der Waals surface area (Å²) in [5.74, 6) is 0.0127. The highest BCUT2D eigenvalue weighted by Crippen LogP contribution is 2.13. The topological polar surface area (TPSA) is 67.4 Å². The van der Waals surface area contributed by atoms with Crippen LogP contribution < -0.4 is 15.6 Å². The number of carbonyl (C=O) groups is 2. The Kier molecular flexibility index (Phi) is 8.36. The van der Waals surface area contributed by atoms with Gasteiger partial charge in [0, 0.05) is 11.1 Å². The SMILES string of the molecule is CCCCCCCOc1ccc(C(=O)NNC(=O)c2ccc(C)cc2)cc1. The summed E-state index contributed by atoms with van der Waals surface area (Å²) in [5.41, 5.74) is 6.86. The van der Waals surface area contributed by atoms with Crippen LogP contribution in [0.5, 0.6) is 5.75 Å². The fraction of sp³-hybridized carbons (Fsp3) is 0.364. The van der Waals surface area contributed by atoms with Gasteiger partial charge in [0.25, 0.3) is 11.8 Å². The Morgan fingerprint density at radius 1 is 0.778 bits per heavy atom. The third-order valence-corrected chi connectivity index (χ3v) is 4.24. The van der Waals surface area contributed by atoms with Crippen LogP contribution in [0.25, 0.3) is 0 Å². The Balaban J connectivity index is 1.74. The van der Waals surface area contributed by atoms with Gasteiger partial charge in [-0.25, -0.2) is 0 Å². The van der Waals surface area contributed by atoms with Crippen LogP contribution in [0.3, 0.4) is 0 Å². The van der Waals surface area contributed by atoms with Crippen molar-refractivity contribution in [3.63, 3.8) is 0 Å². The quantitative estimate of drug-likeness (QED) is 0.509. The summed E-state index contributed by atoms with van der Waals surface area (Å²) < 4.78 is 5.69. The zero-order valence-electron chi connectivity index (χ0n) is 16.1. The van der Waals surface area contributed by atoms with E-state index in [1.54, 1.807) is 36.4 Å². The molecule has 0 radical (unpaired) electrons. The van der Waals surface area contributed by atoms with Crippen molar-refractivity contribution in [1.29, 1.82) is 0 Å². The van der Waals surface area contributed by atoms with Crippen LogP contribution >= 0.6 is 0 Å². The van der Waals surface area contributed by atoms with Gasteiger partial charge in [0.2, 0.25) is 0 Å². The average Bonchev–Trinajstić information content (AvgIpc) is 2.69. The van der Waals surface area contributed by atoms with Crippen LogP contribution in [0.4, 0.5) is 0 Å². The van der Waals surface area contributed by atoms with Gasteiger partial charge in [-0.3, -0.25) is 20.4 Å². The number of hydrogen-bond acceptors (Lipinski definition) is 3. The molecule has 2 amide bonds. The van der Waals surface area contributed by atoms with E-state index in [2.05, 4.69) is 17.8 Å². The number of ether oxygens (including phenoxy) is 1. The fourth-order valence-corrected chi connectivity index (χ4v) is 2.56. The summed E-state index contributed by atoms with van der Waals surface area (Å²) in [4.78, 5) is 24.2. The number of nitrogens with one attached hydrogen (secondary N) is 2. The van der Waals surface area contributed by atoms with E-state index in [0.717, 1.165) is 17.7 Å². The molecule has 144 valence electrons. The molecule has 2 N–H and O–H groups in total. The van der Waals surface area contributed by atoms with Crippen LogP contribution in [0.1, 0.15) is 65.3 Å². The van der Waals surface area contributed by atoms with Gasteiger partial charge in [-0.2, -0.15) is 0 Å². The second kappa shape index (κ2) is 11.0. The van der Waals surface area contributed by atoms with Crippen LogP contribution in [0.2, 0.25) is 0 Å². The second-order valence-electron chi connectivity index (χ2n) is 6.56. The standard InChI is InChI=1S/C22H28N2O3/c1-3-4-5-6-7-16-27-20-14-12-19(13-15-20)22(26)24-23-21(25)18-10-8-17(2)9-11-18/h8-15H,3-7,16H2,1-2H3,(H,23,25)(H,24,26). The van der Waals surface area contributed by atoms with E-state index in [1.165, 1.54) is 25.7 Å². The molecule has 0 spiro atoms. The lowest BCUT2D eigenvalue weighted by Gasteiger charge is -2.09. The molecule has 5 nitrogen and oxygen atoms in total. The molecule has 0 aliphatic heterocycles. The van der Waals surface area contributed by atoms with Gasteiger partial charge in [0.05, 0.1) is 6.61 Å². The number of aryl methyl sites for hydroxylation is 1. The number of benzene rings is 2. The van der Waals surface area contributed by atoms with Crippen molar-refractivity contribution in [3.05, 3.63) is 65.2 Å². The average molecular weight is 368 g/mol. The van der Waals surface area contributed by atoms with Gasteiger partial charge in [0.1, 0.15) is 5.75 Å². The normalized spacial score (nSPS) is 10.3. The summed E-state index contributed by atoms with van der Waals surface area (Å²) >= 11 is 0. The van der Waals surface area contributed by atoms with Gasteiger partial charge >= 0.3 is 0 Å². The van der Waals surface area contributed by atoms with E-state index in [0.29, 0.717) is 17.7 Å². The van der Waals surface area contributed by atoms with Crippen LogP contribution in [-0.4, -0.2) is 18.4 Å². The molecule has 2 aromatic rings. The molecular weight excluding hydrogens is 340 g/mol. The van der Waals surface area contributed by atoms with Gasteiger partial charge in [0.15, 0.2) is 0 Å². The first-order valence-corrected chi connectivity index (χ1v) is 9.50. The zero-order chi connectivity index (χ0) is 19.5. The van der Waals surface area contributed by atoms with Crippen molar-refractivity contribution in [2.75, 3.05) is 6.61 Å². The Morgan fingerprint density at radius 2 is 1.30 bits per heavy atom. The molecule has 0 aromatic heterocycles. The van der Waals surface area contributed by atoms with Crippen LogP contribution in [-0.2, 0) is 0 Å². The van der Waals surface area contributed by atoms with Crippen molar-refractivity contribution in [2.45, 2.75) is 46.0 Å². The summed E-state index contributed by atoms with van der Waals surface area (Å²) in [5, 5.41) is 0. The number of amides is 2. The highest BCUT2D eigenvalue weighted by molar-refractivity contribution is 5.99. The van der Waals surface area contributed by atoms with E-state index < -0.39 is 0 Å². The Bertz CT molecular complexity index is 724. The van der Waals surface area contributed by atoms with Crippen molar-refractivity contribution >= 4 is 11.8 Å². The lowest BCUT2D eigenvalue weighted by molar-refractivity contribution is 0.0846. The van der Waals surface area contributed by atoms with Crippen LogP contribution in [0, 0.1) is 6.92 Å². The highest BCUT2D eigenvalue weighted by Gasteiger charge is 2.09. The van der Waals surface area contributed by atoms with Crippen molar-refractivity contribution < 1.29 is 14.3 Å². The summed E-state index contributed by atoms with van der Waals surface area (Å²) in [6.45, 7) is 4.83. The van der Waals surface area contributed by atoms with Gasteiger partial charge in [-0.15, -0.1) is 0 Å². The van der Waals surface area contributed by atoms with Crippen molar-refractivity contribution in [2.24, 2.45) is 0 Å². The molecule has 2 rings (SSSR count). The number of hydrogen-bond donors (Lipinski definition) is 2. The van der Waals surface area contributed by atoms with Crippen LogP contribution in [0.15, 0.2) is 48.5 Å². The fourth-order valence-electron chi connectivity index (χ4n) is 2.56. The summed E-state index contributed by atoms with van der Waals surface area (Å²) in [6.07, 6.45) is 5.95. The minimum atomic E-state index is -0.374. The molecule has 0 unspecified atom stereocenters. The summed E-state index contributed by atoms with van der Waals surface area (Å²) in [6, 6.07) is 14.0. The molecule has 27 heavy (non-hydrogen) atoms. The maximum absolute atomic E-state index is 12.1. The van der Waals surface area contributed by atoms with Crippen molar-refractivity contribution in [1.82, 2.24) is 10.9 Å². The molecule has 0 aliphatic carbocycles. The zero-order valence-corrected chi connectivity index (χ0v) is 16.1. The molecule has 0 bridgehead atoms. The maximum Gasteiger partial charge on any atom is 0.269 e. The third-order valence-electron chi connectivity index (χ3n) is 4.24. The second-order valence-corrected chi connectivity index (χ2v) is 6.56. The molecule has 5 heteroatoms. The number of carbonyl (C=O) groups excluding carboxylic acids is 2. The minimum Gasteiger partial charge on any atom is -0.494 e. The first-order chi connectivity index (χ1) is 13.1. The Hall–Kier alpha value is -2.82. The molecular formula is C22H28N2O3. The molecule has 0 aliphatic rings. The first-order valence-electron chi connectivity index (χ1n) is 9.50. The van der Waals surface area contributed by atoms with E-state index in [9.17, 15) is 9.59 Å². The molecule has 0 heterocycles. The molecule has 0 fully saturated rings. The Labute approximate surface area is 161 Å². The smallest absolute Gasteiger partial charge is 0.269 e. The molecule has 0 atom stereocenters. The lowest BCUT2D eigenvalue weighted by Crippen LogP contribution is -2.41. The number of rotatable bonds is 9. The largest absolute Gasteiger partial charge is 0.494 e. The van der Waals surface area contributed by atoms with E-state index in [-0.39, 0.29) is 11.8 Å². The molecule has 0 saturated carbocycles. The predicted octanol–water partition coefficient (Wildman–Crippen LogP) is 4.42. The lowest BCUT2D eigenvalue weighted by atomic mass is 10.1. The predicted molar refractivity (Wildman–Crippen MR) is 107 cm³/mol. The minimum absolute atomic E-state index is 0.355. The van der Waals surface area contributed by atoms with Gasteiger partial charge in [-0.05, 0) is 49.7 Å². The van der Waals surface area contributed by atoms with Crippen molar-refractivity contribution in [3.8, 4) is 5.75 Å². The van der Waals surface area contributed by atoms with Gasteiger partial charge in [-0.1, -0.05) is 50.3 Å². The van der Waals surface area contributed by atoms with E-state index in [4.69, 9.17) is 4.74 Å². The third kappa shape index (κ3) is 7.13. The maximum atomic E-state index is 12.1. The summed E-state index contributed by atoms with van der Waals surface area (Å²) in [7, 11) is 0. The van der Waals surface area contributed by atoms with E-state index in [1.807, 2.05) is 19.1 Å². The van der Waals surface area contributed by atoms with Gasteiger partial charge < -0.3 is 4.74 Å². The Morgan fingerprint density at radius 3 is 1.85 bits per heavy atom. The monoisotopic (exact) mass is 368 g/mol. The highest BCUT2D eigenvalue weighted by atomic mass is 16.5. The molecule has 2 aromatic carbocycles. The number of unbranched alkanes of at least 4 members (excludes halogenated alkanes) is 4. The van der Waals surface area contributed by atoms with E-state index >= 15 is 0 Å².